The van der Waals surface area contributed by atoms with Gasteiger partial charge < -0.3 is 10.5 Å². The van der Waals surface area contributed by atoms with E-state index in [4.69, 9.17) is 27.1 Å². The molecule has 2 aromatic rings. The Hall–Kier alpha value is -0.680. The summed E-state index contributed by atoms with van der Waals surface area (Å²) in [6.07, 6.45) is 1.91. The van der Waals surface area contributed by atoms with Gasteiger partial charge >= 0.3 is 0 Å². The number of halogens is 1. The third kappa shape index (κ3) is 2.03. The van der Waals surface area contributed by atoms with Crippen molar-refractivity contribution < 1.29 is 4.74 Å². The second kappa shape index (κ2) is 4.78. The van der Waals surface area contributed by atoms with E-state index >= 15 is 0 Å². The number of benzene rings is 1. The fourth-order valence-electron chi connectivity index (χ4n) is 2.39. The predicted molar refractivity (Wildman–Crippen MR) is 75.4 cm³/mol. The van der Waals surface area contributed by atoms with Gasteiger partial charge in [-0.3, -0.25) is 0 Å². The molecular formula is C13H15ClN2OS. The first-order valence-electron chi connectivity index (χ1n) is 6.08. The summed E-state index contributed by atoms with van der Waals surface area (Å²) in [7, 11) is 0. The smallest absolute Gasteiger partial charge is 0.101 e. The van der Waals surface area contributed by atoms with E-state index in [-0.39, 0.29) is 5.41 Å². The number of hydrogen-bond donors (Lipinski definition) is 1. The Kier molecular flexibility index (Phi) is 3.28. The Bertz CT molecular complexity index is 563. The summed E-state index contributed by atoms with van der Waals surface area (Å²) in [6, 6.07) is 5.83. The van der Waals surface area contributed by atoms with E-state index in [2.05, 4.69) is 0 Å². The predicted octanol–water partition coefficient (Wildman–Crippen LogP) is 2.96. The van der Waals surface area contributed by atoms with Crippen molar-refractivity contribution in [1.82, 2.24) is 4.98 Å². The quantitative estimate of drug-likeness (QED) is 0.921. The van der Waals surface area contributed by atoms with Crippen LogP contribution in [0.25, 0.3) is 10.2 Å². The van der Waals surface area contributed by atoms with Crippen molar-refractivity contribution in [3.63, 3.8) is 0 Å². The van der Waals surface area contributed by atoms with E-state index in [0.29, 0.717) is 6.54 Å². The third-order valence-corrected chi connectivity index (χ3v) is 5.14. The minimum Gasteiger partial charge on any atom is -0.381 e. The Balaban J connectivity index is 2.06. The number of thiazole rings is 1. The normalized spacial score (nSPS) is 19.2. The van der Waals surface area contributed by atoms with E-state index in [0.717, 1.165) is 46.3 Å². The largest absolute Gasteiger partial charge is 0.381 e. The molecule has 2 N–H and O–H groups in total. The highest BCUT2D eigenvalue weighted by Crippen LogP contribution is 2.38. The molecule has 0 aliphatic carbocycles. The lowest BCUT2D eigenvalue weighted by Gasteiger charge is -2.34. The SMILES string of the molecule is NCC1(c2nc3ccc(Cl)cc3s2)CCOCC1. The standard InChI is InChI=1S/C13H15ClN2OS/c14-9-1-2-10-11(7-9)18-12(16-10)13(8-15)3-5-17-6-4-13/h1-2,7H,3-6,8,15H2. The molecule has 3 nitrogen and oxygen atoms in total. The number of hydrogen-bond acceptors (Lipinski definition) is 4. The van der Waals surface area contributed by atoms with Crippen molar-refractivity contribution in [2.24, 2.45) is 5.73 Å². The monoisotopic (exact) mass is 282 g/mol. The molecule has 2 heterocycles. The van der Waals surface area contributed by atoms with E-state index in [1.54, 1.807) is 11.3 Å². The summed E-state index contributed by atoms with van der Waals surface area (Å²) in [5, 5.41) is 1.89. The lowest BCUT2D eigenvalue weighted by atomic mass is 9.81. The van der Waals surface area contributed by atoms with Crippen molar-refractivity contribution in [2.75, 3.05) is 19.8 Å². The van der Waals surface area contributed by atoms with Gasteiger partial charge in [0.25, 0.3) is 0 Å². The van der Waals surface area contributed by atoms with Gasteiger partial charge in [0.15, 0.2) is 0 Å². The summed E-state index contributed by atoms with van der Waals surface area (Å²) >= 11 is 7.73. The molecule has 5 heteroatoms. The second-order valence-electron chi connectivity index (χ2n) is 4.73. The minimum atomic E-state index is -0.00554. The van der Waals surface area contributed by atoms with Crippen LogP contribution in [0.1, 0.15) is 17.8 Å². The second-order valence-corrected chi connectivity index (χ2v) is 6.19. The molecule has 0 amide bonds. The molecule has 18 heavy (non-hydrogen) atoms. The van der Waals surface area contributed by atoms with Gasteiger partial charge in [0.05, 0.1) is 10.2 Å². The van der Waals surface area contributed by atoms with Gasteiger partial charge in [0.2, 0.25) is 0 Å². The Morgan fingerprint density at radius 1 is 1.39 bits per heavy atom. The number of nitrogens with zero attached hydrogens (tertiary/aromatic N) is 1. The molecule has 1 aliphatic rings. The lowest BCUT2D eigenvalue weighted by Crippen LogP contribution is -2.40. The molecule has 96 valence electrons. The molecule has 0 saturated carbocycles. The van der Waals surface area contributed by atoms with Crippen molar-refractivity contribution in [2.45, 2.75) is 18.3 Å². The zero-order valence-corrected chi connectivity index (χ0v) is 11.6. The van der Waals surface area contributed by atoms with Crippen LogP contribution in [0.15, 0.2) is 18.2 Å². The van der Waals surface area contributed by atoms with Gasteiger partial charge in [-0.15, -0.1) is 11.3 Å². The molecule has 1 fully saturated rings. The number of fused-ring (bicyclic) bond motifs is 1. The highest BCUT2D eigenvalue weighted by molar-refractivity contribution is 7.18. The zero-order chi connectivity index (χ0) is 12.6. The molecule has 1 aromatic carbocycles. The van der Waals surface area contributed by atoms with Gasteiger partial charge in [-0.1, -0.05) is 11.6 Å². The number of nitrogens with two attached hydrogens (primary N) is 1. The van der Waals surface area contributed by atoms with Gasteiger partial charge in [0.1, 0.15) is 5.01 Å². The van der Waals surface area contributed by atoms with Crippen LogP contribution in [-0.4, -0.2) is 24.7 Å². The molecule has 0 radical (unpaired) electrons. The first-order valence-corrected chi connectivity index (χ1v) is 7.27. The molecule has 1 aliphatic heterocycles. The number of ether oxygens (including phenoxy) is 1. The van der Waals surface area contributed by atoms with Gasteiger partial charge in [-0.05, 0) is 31.0 Å². The van der Waals surface area contributed by atoms with Crippen LogP contribution in [0.5, 0.6) is 0 Å². The maximum absolute atomic E-state index is 6.02. The fraction of sp³-hybridized carbons (Fsp3) is 0.462. The van der Waals surface area contributed by atoms with E-state index in [1.165, 1.54) is 0 Å². The summed E-state index contributed by atoms with van der Waals surface area (Å²) in [4.78, 5) is 4.74. The number of rotatable bonds is 2. The zero-order valence-electron chi connectivity index (χ0n) is 9.99. The van der Waals surface area contributed by atoms with Crippen LogP contribution >= 0.6 is 22.9 Å². The van der Waals surface area contributed by atoms with Gasteiger partial charge in [0, 0.05) is 30.2 Å². The molecule has 1 saturated heterocycles. The van der Waals surface area contributed by atoms with Gasteiger partial charge in [-0.25, -0.2) is 4.98 Å². The summed E-state index contributed by atoms with van der Waals surface area (Å²) < 4.78 is 6.58. The van der Waals surface area contributed by atoms with Gasteiger partial charge in [-0.2, -0.15) is 0 Å². The first-order chi connectivity index (χ1) is 8.73. The Morgan fingerprint density at radius 2 is 2.17 bits per heavy atom. The topological polar surface area (TPSA) is 48.1 Å². The van der Waals surface area contributed by atoms with Crippen molar-refractivity contribution in [3.05, 3.63) is 28.2 Å². The third-order valence-electron chi connectivity index (χ3n) is 3.64. The van der Waals surface area contributed by atoms with Crippen molar-refractivity contribution >= 4 is 33.2 Å². The van der Waals surface area contributed by atoms with E-state index in [9.17, 15) is 0 Å². The Morgan fingerprint density at radius 3 is 2.89 bits per heavy atom. The maximum atomic E-state index is 6.02. The van der Waals surface area contributed by atoms with Crippen LogP contribution in [-0.2, 0) is 10.2 Å². The Labute approximate surface area is 115 Å². The van der Waals surface area contributed by atoms with Crippen LogP contribution in [0.2, 0.25) is 5.02 Å². The first kappa shape index (κ1) is 12.4. The molecule has 0 atom stereocenters. The highest BCUT2D eigenvalue weighted by atomic mass is 35.5. The average Bonchev–Trinajstić information content (AvgIpc) is 2.83. The molecular weight excluding hydrogens is 268 g/mol. The molecule has 1 aromatic heterocycles. The highest BCUT2D eigenvalue weighted by Gasteiger charge is 2.36. The van der Waals surface area contributed by atoms with Crippen molar-refractivity contribution in [3.8, 4) is 0 Å². The van der Waals surface area contributed by atoms with E-state index in [1.807, 2.05) is 18.2 Å². The van der Waals surface area contributed by atoms with E-state index < -0.39 is 0 Å². The van der Waals surface area contributed by atoms with Crippen molar-refractivity contribution in [1.29, 1.82) is 0 Å². The van der Waals surface area contributed by atoms with Crippen LogP contribution < -0.4 is 5.73 Å². The molecule has 0 bridgehead atoms. The minimum absolute atomic E-state index is 0.00554. The van der Waals surface area contributed by atoms with Crippen LogP contribution in [0, 0.1) is 0 Å². The maximum Gasteiger partial charge on any atom is 0.101 e. The molecule has 0 unspecified atom stereocenters. The summed E-state index contributed by atoms with van der Waals surface area (Å²) in [5.41, 5.74) is 7.01. The number of aromatic nitrogens is 1. The summed E-state index contributed by atoms with van der Waals surface area (Å²) in [5.74, 6) is 0. The lowest BCUT2D eigenvalue weighted by molar-refractivity contribution is 0.0529. The molecule has 3 rings (SSSR count). The molecule has 0 spiro atoms. The van der Waals surface area contributed by atoms with Crippen LogP contribution in [0.3, 0.4) is 0 Å². The fourth-order valence-corrected chi connectivity index (χ4v) is 3.89. The average molecular weight is 283 g/mol. The summed E-state index contributed by atoms with van der Waals surface area (Å²) in [6.45, 7) is 2.17. The van der Waals surface area contributed by atoms with Crippen LogP contribution in [0.4, 0.5) is 0 Å².